The fraction of sp³-hybridized carbons (Fsp3) is 0.308. The van der Waals surface area contributed by atoms with Crippen LogP contribution in [0.5, 0.6) is 11.6 Å². The summed E-state index contributed by atoms with van der Waals surface area (Å²) in [4.78, 5) is 15.5. The van der Waals surface area contributed by atoms with Gasteiger partial charge in [0.1, 0.15) is 11.9 Å². The van der Waals surface area contributed by atoms with Gasteiger partial charge in [0.2, 0.25) is 5.88 Å². The maximum atomic E-state index is 11.1. The smallest absolute Gasteiger partial charge is 0.306 e. The Balaban J connectivity index is 1.51. The van der Waals surface area contributed by atoms with Crippen molar-refractivity contribution < 1.29 is 24.1 Å². The second-order valence-electron chi connectivity index (χ2n) is 7.72. The third-order valence-electron chi connectivity index (χ3n) is 5.73. The highest BCUT2D eigenvalue weighted by molar-refractivity contribution is 5.69. The van der Waals surface area contributed by atoms with Gasteiger partial charge in [-0.05, 0) is 60.2 Å². The Labute approximate surface area is 187 Å². The van der Waals surface area contributed by atoms with Crippen LogP contribution in [0.15, 0.2) is 60.8 Å². The first kappa shape index (κ1) is 21.8. The van der Waals surface area contributed by atoms with Crippen LogP contribution in [0.4, 0.5) is 0 Å². The summed E-state index contributed by atoms with van der Waals surface area (Å²) in [5.41, 5.74) is 5.56. The van der Waals surface area contributed by atoms with Gasteiger partial charge in [-0.3, -0.25) is 4.79 Å². The van der Waals surface area contributed by atoms with Crippen molar-refractivity contribution in [1.82, 2.24) is 4.98 Å². The monoisotopic (exact) mass is 433 g/mol. The number of rotatable bonds is 9. The molecule has 0 saturated heterocycles. The summed E-state index contributed by atoms with van der Waals surface area (Å²) in [6.07, 6.45) is 3.13. The predicted octanol–water partition coefficient (Wildman–Crippen LogP) is 5.38. The van der Waals surface area contributed by atoms with E-state index in [0.29, 0.717) is 12.5 Å². The van der Waals surface area contributed by atoms with Crippen LogP contribution >= 0.6 is 0 Å². The van der Waals surface area contributed by atoms with Gasteiger partial charge in [0.05, 0.1) is 19.6 Å². The Morgan fingerprint density at radius 2 is 1.97 bits per heavy atom. The second kappa shape index (κ2) is 9.83. The quantitative estimate of drug-likeness (QED) is 0.488. The molecule has 0 unspecified atom stereocenters. The molecule has 32 heavy (non-hydrogen) atoms. The van der Waals surface area contributed by atoms with Gasteiger partial charge in [-0.1, -0.05) is 30.3 Å². The number of hydrogen-bond acceptors (Lipinski definition) is 5. The number of carboxylic acids is 1. The van der Waals surface area contributed by atoms with Crippen molar-refractivity contribution in [2.75, 3.05) is 13.7 Å². The van der Waals surface area contributed by atoms with Gasteiger partial charge in [0, 0.05) is 24.4 Å². The lowest BCUT2D eigenvalue weighted by molar-refractivity contribution is -0.140. The topological polar surface area (TPSA) is 77.9 Å². The summed E-state index contributed by atoms with van der Waals surface area (Å²) in [6.45, 7) is 2.32. The molecule has 0 spiro atoms. The Morgan fingerprint density at radius 3 is 2.62 bits per heavy atom. The highest BCUT2D eigenvalue weighted by atomic mass is 16.5. The first-order chi connectivity index (χ1) is 15.6. The van der Waals surface area contributed by atoms with Crippen LogP contribution in [0.3, 0.4) is 0 Å². The summed E-state index contributed by atoms with van der Waals surface area (Å²) in [7, 11) is 1.61. The van der Waals surface area contributed by atoms with Gasteiger partial charge in [-0.15, -0.1) is 0 Å². The van der Waals surface area contributed by atoms with Crippen molar-refractivity contribution in [1.29, 1.82) is 0 Å². The zero-order chi connectivity index (χ0) is 22.5. The zero-order valence-corrected chi connectivity index (χ0v) is 18.3. The minimum atomic E-state index is -0.880. The van der Waals surface area contributed by atoms with E-state index in [1.165, 1.54) is 16.7 Å². The number of methoxy groups -OCH3 is 1. The third-order valence-corrected chi connectivity index (χ3v) is 5.73. The first-order valence-corrected chi connectivity index (χ1v) is 10.8. The maximum Gasteiger partial charge on any atom is 0.306 e. The second-order valence-corrected chi connectivity index (χ2v) is 7.72. The average Bonchev–Trinajstić information content (AvgIpc) is 3.22. The maximum absolute atomic E-state index is 11.1. The number of carboxylic acid groups (broad SMARTS) is 1. The Hall–Kier alpha value is -3.38. The van der Waals surface area contributed by atoms with Crippen LogP contribution in [0.1, 0.15) is 48.7 Å². The lowest BCUT2D eigenvalue weighted by atomic mass is 9.98. The Kier molecular flexibility index (Phi) is 6.71. The average molecular weight is 434 g/mol. The van der Waals surface area contributed by atoms with Crippen molar-refractivity contribution in [3.8, 4) is 22.8 Å². The Morgan fingerprint density at radius 1 is 1.16 bits per heavy atom. The van der Waals surface area contributed by atoms with Gasteiger partial charge >= 0.3 is 5.97 Å². The van der Waals surface area contributed by atoms with Crippen LogP contribution in [0.25, 0.3) is 11.1 Å². The van der Waals surface area contributed by atoms with Crippen molar-refractivity contribution in [3.63, 3.8) is 0 Å². The third kappa shape index (κ3) is 4.75. The van der Waals surface area contributed by atoms with Crippen LogP contribution in [0.2, 0.25) is 0 Å². The van der Waals surface area contributed by atoms with E-state index in [9.17, 15) is 4.79 Å². The molecular weight excluding hydrogens is 406 g/mol. The molecule has 0 radical (unpaired) electrons. The zero-order valence-electron chi connectivity index (χ0n) is 18.3. The highest BCUT2D eigenvalue weighted by Gasteiger charge is 2.27. The van der Waals surface area contributed by atoms with E-state index in [1.54, 1.807) is 7.11 Å². The number of ether oxygens (including phenoxy) is 3. The number of hydrogen-bond donors (Lipinski definition) is 1. The molecule has 4 rings (SSSR count). The minimum absolute atomic E-state index is 0.0243. The standard InChI is InChI=1S/C26H27NO5/c1-3-31-24(15-26(28)29)17-7-10-19(11-8-17)32-23-13-12-21-20(5-4-6-22(21)23)18-9-14-25(30-2)27-16-18/h4-11,14,16,23-24H,3,12-13,15H2,1-2H3,(H,28,29)/t23-,24+/m1/s1. The summed E-state index contributed by atoms with van der Waals surface area (Å²) >= 11 is 0. The molecule has 1 N–H and O–H groups in total. The van der Waals surface area contributed by atoms with Crippen LogP contribution < -0.4 is 9.47 Å². The largest absolute Gasteiger partial charge is 0.486 e. The number of benzene rings is 2. The van der Waals surface area contributed by atoms with E-state index in [2.05, 4.69) is 23.2 Å². The van der Waals surface area contributed by atoms with Crippen LogP contribution in [-0.4, -0.2) is 29.8 Å². The number of aromatic nitrogens is 1. The van der Waals surface area contributed by atoms with Gasteiger partial charge < -0.3 is 19.3 Å². The molecule has 6 heteroatoms. The van der Waals surface area contributed by atoms with E-state index in [0.717, 1.165) is 29.7 Å². The molecular formula is C26H27NO5. The molecule has 1 aliphatic carbocycles. The summed E-state index contributed by atoms with van der Waals surface area (Å²) in [5, 5.41) is 9.13. The van der Waals surface area contributed by atoms with E-state index >= 15 is 0 Å². The van der Waals surface area contributed by atoms with E-state index < -0.39 is 12.1 Å². The van der Waals surface area contributed by atoms with Crippen molar-refractivity contribution in [2.45, 2.75) is 38.4 Å². The number of fused-ring (bicyclic) bond motifs is 1. The predicted molar refractivity (Wildman–Crippen MR) is 121 cm³/mol. The van der Waals surface area contributed by atoms with Gasteiger partial charge in [0.15, 0.2) is 0 Å². The number of carbonyl (C=O) groups is 1. The SMILES string of the molecule is CCO[C@@H](CC(=O)O)c1ccc(O[C@@H]2CCc3c(-c4ccc(OC)nc4)cccc32)cc1. The molecule has 0 amide bonds. The van der Waals surface area contributed by atoms with E-state index in [-0.39, 0.29) is 12.5 Å². The molecule has 0 bridgehead atoms. The fourth-order valence-electron chi connectivity index (χ4n) is 4.23. The summed E-state index contributed by atoms with van der Waals surface area (Å²) < 4.78 is 17.1. The highest BCUT2D eigenvalue weighted by Crippen LogP contribution is 2.40. The van der Waals surface area contributed by atoms with E-state index in [1.807, 2.05) is 49.5 Å². The van der Waals surface area contributed by atoms with Gasteiger partial charge in [-0.2, -0.15) is 0 Å². The minimum Gasteiger partial charge on any atom is -0.486 e. The van der Waals surface area contributed by atoms with Crippen molar-refractivity contribution in [3.05, 3.63) is 77.5 Å². The van der Waals surface area contributed by atoms with Crippen molar-refractivity contribution >= 4 is 5.97 Å². The number of pyridine rings is 1. The lowest BCUT2D eigenvalue weighted by Crippen LogP contribution is -2.10. The molecule has 0 saturated carbocycles. The van der Waals surface area contributed by atoms with Gasteiger partial charge in [-0.25, -0.2) is 4.98 Å². The number of nitrogens with zero attached hydrogens (tertiary/aromatic N) is 1. The van der Waals surface area contributed by atoms with Gasteiger partial charge in [0.25, 0.3) is 0 Å². The Bertz CT molecular complexity index is 1060. The number of aliphatic carboxylic acids is 1. The normalized spacial score (nSPS) is 15.8. The fourth-order valence-corrected chi connectivity index (χ4v) is 4.23. The van der Waals surface area contributed by atoms with Crippen LogP contribution in [-0.2, 0) is 16.0 Å². The van der Waals surface area contributed by atoms with Crippen LogP contribution in [0, 0.1) is 0 Å². The lowest BCUT2D eigenvalue weighted by Gasteiger charge is -2.18. The molecule has 3 aromatic rings. The molecule has 1 aliphatic rings. The summed E-state index contributed by atoms with van der Waals surface area (Å²) in [5.74, 6) is 0.476. The molecule has 2 atom stereocenters. The van der Waals surface area contributed by atoms with E-state index in [4.69, 9.17) is 19.3 Å². The summed E-state index contributed by atoms with van der Waals surface area (Å²) in [6, 6.07) is 17.7. The molecule has 0 aliphatic heterocycles. The first-order valence-electron chi connectivity index (χ1n) is 10.8. The molecule has 0 fully saturated rings. The molecule has 166 valence electrons. The molecule has 2 aromatic carbocycles. The molecule has 1 aromatic heterocycles. The van der Waals surface area contributed by atoms with Crippen molar-refractivity contribution in [2.24, 2.45) is 0 Å². The molecule has 6 nitrogen and oxygen atoms in total. The molecule has 1 heterocycles.